The van der Waals surface area contributed by atoms with Crippen molar-refractivity contribution in [1.29, 1.82) is 0 Å². The molecule has 0 saturated carbocycles. The first-order chi connectivity index (χ1) is 12.7. The number of aromatic nitrogens is 2. The van der Waals surface area contributed by atoms with E-state index < -0.39 is 0 Å². The molecule has 3 aromatic rings. The van der Waals surface area contributed by atoms with Crippen molar-refractivity contribution in [2.45, 2.75) is 19.3 Å². The SMILES string of the molecule is CCCN(C)c1ccc(C(=O)N2CC(c3nc4ccccc4[nH]3)C2)cc1. The van der Waals surface area contributed by atoms with Gasteiger partial charge < -0.3 is 14.8 Å². The van der Waals surface area contributed by atoms with Crippen molar-refractivity contribution in [3.63, 3.8) is 0 Å². The molecule has 5 heteroatoms. The Labute approximate surface area is 153 Å². The van der Waals surface area contributed by atoms with Crippen LogP contribution >= 0.6 is 0 Å². The zero-order valence-electron chi connectivity index (χ0n) is 15.3. The Balaban J connectivity index is 1.39. The average Bonchev–Trinajstić information content (AvgIpc) is 3.04. The summed E-state index contributed by atoms with van der Waals surface area (Å²) in [7, 11) is 2.08. The molecule has 0 bridgehead atoms. The van der Waals surface area contributed by atoms with Crippen LogP contribution in [0.1, 0.15) is 35.4 Å². The Morgan fingerprint density at radius 3 is 2.62 bits per heavy atom. The number of hydrogen-bond acceptors (Lipinski definition) is 3. The number of fused-ring (bicyclic) bond motifs is 1. The molecule has 2 heterocycles. The van der Waals surface area contributed by atoms with Gasteiger partial charge in [-0.25, -0.2) is 4.98 Å². The van der Waals surface area contributed by atoms with Crippen molar-refractivity contribution >= 4 is 22.6 Å². The van der Waals surface area contributed by atoms with Crippen LogP contribution in [0.15, 0.2) is 48.5 Å². The topological polar surface area (TPSA) is 52.2 Å². The summed E-state index contributed by atoms with van der Waals surface area (Å²) < 4.78 is 0. The number of hydrogen-bond donors (Lipinski definition) is 1. The number of H-pyrrole nitrogens is 1. The van der Waals surface area contributed by atoms with E-state index >= 15 is 0 Å². The Hall–Kier alpha value is -2.82. The van der Waals surface area contributed by atoms with Gasteiger partial charge in [-0.15, -0.1) is 0 Å². The minimum atomic E-state index is 0.0991. The first kappa shape index (κ1) is 16.6. The molecule has 26 heavy (non-hydrogen) atoms. The standard InChI is InChI=1S/C21H24N4O/c1-3-12-24(2)17-10-8-15(9-11-17)21(26)25-13-16(14-25)20-22-18-6-4-5-7-19(18)23-20/h4-11,16H,3,12-14H2,1-2H3,(H,22,23). The van der Waals surface area contributed by atoms with Gasteiger partial charge in [0.2, 0.25) is 0 Å². The van der Waals surface area contributed by atoms with E-state index in [9.17, 15) is 4.79 Å². The summed E-state index contributed by atoms with van der Waals surface area (Å²) in [5, 5.41) is 0. The highest BCUT2D eigenvalue weighted by Crippen LogP contribution is 2.28. The molecule has 0 spiro atoms. The summed E-state index contributed by atoms with van der Waals surface area (Å²) in [5.74, 6) is 1.37. The van der Waals surface area contributed by atoms with E-state index in [4.69, 9.17) is 0 Å². The van der Waals surface area contributed by atoms with E-state index in [1.807, 2.05) is 53.4 Å². The number of aromatic amines is 1. The number of amides is 1. The van der Waals surface area contributed by atoms with E-state index in [1.54, 1.807) is 0 Å². The van der Waals surface area contributed by atoms with Crippen LogP contribution < -0.4 is 4.90 Å². The van der Waals surface area contributed by atoms with E-state index in [0.717, 1.165) is 54.2 Å². The third-order valence-electron chi connectivity index (χ3n) is 5.08. The van der Waals surface area contributed by atoms with Crippen LogP contribution in [0, 0.1) is 0 Å². The molecule has 1 saturated heterocycles. The van der Waals surface area contributed by atoms with Crippen LogP contribution in [-0.4, -0.2) is 47.5 Å². The highest BCUT2D eigenvalue weighted by Gasteiger charge is 2.34. The van der Waals surface area contributed by atoms with Crippen molar-refractivity contribution in [1.82, 2.24) is 14.9 Å². The highest BCUT2D eigenvalue weighted by atomic mass is 16.2. The molecule has 0 aliphatic carbocycles. The summed E-state index contributed by atoms with van der Waals surface area (Å²) in [6.45, 7) is 4.61. The van der Waals surface area contributed by atoms with Crippen LogP contribution in [-0.2, 0) is 0 Å². The zero-order valence-corrected chi connectivity index (χ0v) is 15.3. The predicted molar refractivity (Wildman–Crippen MR) is 105 cm³/mol. The minimum Gasteiger partial charge on any atom is -0.375 e. The molecule has 0 atom stereocenters. The normalized spacial score (nSPS) is 14.5. The Morgan fingerprint density at radius 1 is 1.19 bits per heavy atom. The number of carbonyl (C=O) groups is 1. The Morgan fingerprint density at radius 2 is 1.92 bits per heavy atom. The fraction of sp³-hybridized carbons (Fsp3) is 0.333. The molecule has 1 fully saturated rings. The van der Waals surface area contributed by atoms with Gasteiger partial charge in [-0.05, 0) is 42.8 Å². The monoisotopic (exact) mass is 348 g/mol. The molecular weight excluding hydrogens is 324 g/mol. The van der Waals surface area contributed by atoms with Crippen molar-refractivity contribution in [2.24, 2.45) is 0 Å². The number of nitrogens with one attached hydrogen (secondary N) is 1. The number of likely N-dealkylation sites (tertiary alicyclic amines) is 1. The Bertz CT molecular complexity index is 876. The number of imidazole rings is 1. The molecular formula is C21H24N4O. The second kappa shape index (κ2) is 6.83. The molecule has 1 N–H and O–H groups in total. The average molecular weight is 348 g/mol. The molecule has 134 valence electrons. The van der Waals surface area contributed by atoms with Gasteiger partial charge in [0.15, 0.2) is 0 Å². The summed E-state index contributed by atoms with van der Waals surface area (Å²) in [5.41, 5.74) is 3.94. The largest absolute Gasteiger partial charge is 0.375 e. The van der Waals surface area contributed by atoms with Crippen LogP contribution in [0.5, 0.6) is 0 Å². The number of benzene rings is 2. The maximum atomic E-state index is 12.7. The van der Waals surface area contributed by atoms with Crippen molar-refractivity contribution in [3.8, 4) is 0 Å². The minimum absolute atomic E-state index is 0.0991. The van der Waals surface area contributed by atoms with Gasteiger partial charge in [-0.2, -0.15) is 0 Å². The van der Waals surface area contributed by atoms with E-state index in [-0.39, 0.29) is 5.91 Å². The Kier molecular flexibility index (Phi) is 4.37. The predicted octanol–water partition coefficient (Wildman–Crippen LogP) is 3.65. The van der Waals surface area contributed by atoms with Gasteiger partial charge in [0.25, 0.3) is 5.91 Å². The number of rotatable bonds is 5. The molecule has 0 radical (unpaired) electrons. The molecule has 4 rings (SSSR count). The number of carbonyl (C=O) groups excluding carboxylic acids is 1. The van der Waals surface area contributed by atoms with E-state index in [1.165, 1.54) is 0 Å². The maximum absolute atomic E-state index is 12.7. The smallest absolute Gasteiger partial charge is 0.253 e. The highest BCUT2D eigenvalue weighted by molar-refractivity contribution is 5.95. The van der Waals surface area contributed by atoms with Crippen LogP contribution in [0.4, 0.5) is 5.69 Å². The van der Waals surface area contributed by atoms with Gasteiger partial charge in [0.05, 0.1) is 17.0 Å². The number of anilines is 1. The second-order valence-electron chi connectivity index (χ2n) is 7.01. The molecule has 1 amide bonds. The quantitative estimate of drug-likeness (QED) is 0.766. The van der Waals surface area contributed by atoms with Gasteiger partial charge in [-0.3, -0.25) is 4.79 Å². The third kappa shape index (κ3) is 3.05. The lowest BCUT2D eigenvalue weighted by atomic mass is 9.98. The molecule has 1 aliphatic rings. The van der Waals surface area contributed by atoms with E-state index in [0.29, 0.717) is 5.92 Å². The van der Waals surface area contributed by atoms with Gasteiger partial charge in [0.1, 0.15) is 5.82 Å². The number of nitrogens with zero attached hydrogens (tertiary/aromatic N) is 3. The molecule has 1 aromatic heterocycles. The van der Waals surface area contributed by atoms with Gasteiger partial charge in [-0.1, -0.05) is 19.1 Å². The van der Waals surface area contributed by atoms with Crippen molar-refractivity contribution in [2.75, 3.05) is 31.6 Å². The van der Waals surface area contributed by atoms with Gasteiger partial charge >= 0.3 is 0 Å². The second-order valence-corrected chi connectivity index (χ2v) is 7.01. The molecule has 2 aromatic carbocycles. The zero-order chi connectivity index (χ0) is 18.1. The van der Waals surface area contributed by atoms with Gasteiger partial charge in [0, 0.05) is 37.9 Å². The fourth-order valence-electron chi connectivity index (χ4n) is 3.49. The first-order valence-corrected chi connectivity index (χ1v) is 9.21. The van der Waals surface area contributed by atoms with Crippen molar-refractivity contribution < 1.29 is 4.79 Å². The lowest BCUT2D eigenvalue weighted by Crippen LogP contribution is -2.48. The number of para-hydroxylation sites is 2. The van der Waals surface area contributed by atoms with Crippen LogP contribution in [0.25, 0.3) is 11.0 Å². The molecule has 0 unspecified atom stereocenters. The fourth-order valence-corrected chi connectivity index (χ4v) is 3.49. The summed E-state index contributed by atoms with van der Waals surface area (Å²) >= 11 is 0. The maximum Gasteiger partial charge on any atom is 0.253 e. The van der Waals surface area contributed by atoms with Crippen LogP contribution in [0.2, 0.25) is 0 Å². The van der Waals surface area contributed by atoms with E-state index in [2.05, 4.69) is 28.8 Å². The summed E-state index contributed by atoms with van der Waals surface area (Å²) in [4.78, 5) is 24.8. The summed E-state index contributed by atoms with van der Waals surface area (Å²) in [6.07, 6.45) is 1.11. The summed E-state index contributed by atoms with van der Waals surface area (Å²) in [6, 6.07) is 15.9. The molecule has 5 nitrogen and oxygen atoms in total. The lowest BCUT2D eigenvalue weighted by molar-refractivity contribution is 0.0596. The molecule has 1 aliphatic heterocycles. The van der Waals surface area contributed by atoms with Crippen molar-refractivity contribution in [3.05, 3.63) is 59.9 Å². The van der Waals surface area contributed by atoms with Crippen LogP contribution in [0.3, 0.4) is 0 Å². The first-order valence-electron chi connectivity index (χ1n) is 9.21. The third-order valence-corrected chi connectivity index (χ3v) is 5.08. The lowest BCUT2D eigenvalue weighted by Gasteiger charge is -2.38.